The van der Waals surface area contributed by atoms with Gasteiger partial charge in [0, 0.05) is 29.8 Å². The number of anilines is 1. The van der Waals surface area contributed by atoms with Gasteiger partial charge in [0.25, 0.3) is 0 Å². The van der Waals surface area contributed by atoms with E-state index in [9.17, 15) is 4.79 Å². The Morgan fingerprint density at radius 2 is 1.94 bits per heavy atom. The van der Waals surface area contributed by atoms with Crippen LogP contribution in [-0.4, -0.2) is 36.5 Å². The topological polar surface area (TPSA) is 58.4 Å². The zero-order valence-corrected chi connectivity index (χ0v) is 11.0. The zero-order chi connectivity index (χ0) is 13.0. The third-order valence-corrected chi connectivity index (χ3v) is 3.38. The van der Waals surface area contributed by atoms with E-state index in [1.807, 2.05) is 0 Å². The first-order valence-electron chi connectivity index (χ1n) is 6.17. The van der Waals surface area contributed by atoms with Gasteiger partial charge in [-0.25, -0.2) is 0 Å². The van der Waals surface area contributed by atoms with Crippen molar-refractivity contribution in [3.63, 3.8) is 0 Å². The van der Waals surface area contributed by atoms with Gasteiger partial charge in [-0.2, -0.15) is 0 Å². The van der Waals surface area contributed by atoms with Gasteiger partial charge in [0.1, 0.15) is 0 Å². The second kappa shape index (κ2) is 6.18. The lowest BCUT2D eigenvalue weighted by Gasteiger charge is -2.29. The molecule has 1 saturated heterocycles. The van der Waals surface area contributed by atoms with Crippen LogP contribution >= 0.6 is 11.6 Å². The van der Waals surface area contributed by atoms with Crippen LogP contribution < -0.4 is 11.1 Å². The number of nitrogens with one attached hydrogen (secondary N) is 1. The first-order chi connectivity index (χ1) is 8.63. The SMILES string of the molecule is NC1CCN(CC(=O)Nc2ccc(Cl)cc2)CC1. The Bertz CT molecular complexity index is 399. The number of carbonyl (C=O) groups excluding carboxylic acids is 1. The van der Waals surface area contributed by atoms with Crippen LogP contribution in [-0.2, 0) is 4.79 Å². The maximum Gasteiger partial charge on any atom is 0.238 e. The Hall–Kier alpha value is -1.10. The molecule has 5 heteroatoms. The molecule has 0 bridgehead atoms. The van der Waals surface area contributed by atoms with E-state index >= 15 is 0 Å². The van der Waals surface area contributed by atoms with Gasteiger partial charge in [0.2, 0.25) is 5.91 Å². The molecule has 2 rings (SSSR count). The summed E-state index contributed by atoms with van der Waals surface area (Å²) in [6.07, 6.45) is 1.93. The Kier molecular flexibility index (Phi) is 4.58. The largest absolute Gasteiger partial charge is 0.328 e. The van der Waals surface area contributed by atoms with Crippen LogP contribution in [0.2, 0.25) is 5.02 Å². The Morgan fingerprint density at radius 3 is 2.56 bits per heavy atom. The van der Waals surface area contributed by atoms with Gasteiger partial charge in [0.15, 0.2) is 0 Å². The maximum atomic E-state index is 11.8. The molecule has 0 saturated carbocycles. The second-order valence-corrected chi connectivity index (χ2v) is 5.11. The van der Waals surface area contributed by atoms with E-state index in [4.69, 9.17) is 17.3 Å². The number of halogens is 1. The fourth-order valence-electron chi connectivity index (χ4n) is 2.05. The highest BCUT2D eigenvalue weighted by Crippen LogP contribution is 2.13. The molecular formula is C13H18ClN3O. The van der Waals surface area contributed by atoms with Gasteiger partial charge < -0.3 is 11.1 Å². The van der Waals surface area contributed by atoms with Gasteiger partial charge >= 0.3 is 0 Å². The zero-order valence-electron chi connectivity index (χ0n) is 10.2. The lowest BCUT2D eigenvalue weighted by molar-refractivity contribution is -0.117. The van der Waals surface area contributed by atoms with Crippen LogP contribution in [0.1, 0.15) is 12.8 Å². The number of hydrogen-bond acceptors (Lipinski definition) is 3. The fraction of sp³-hybridized carbons (Fsp3) is 0.462. The van der Waals surface area contributed by atoms with Gasteiger partial charge in [0.05, 0.1) is 6.54 Å². The number of benzene rings is 1. The number of amides is 1. The van der Waals surface area contributed by atoms with Crippen molar-refractivity contribution in [2.45, 2.75) is 18.9 Å². The minimum atomic E-state index is 0.00722. The van der Waals surface area contributed by atoms with Crippen molar-refractivity contribution in [1.29, 1.82) is 0 Å². The summed E-state index contributed by atoms with van der Waals surface area (Å²) in [5, 5.41) is 3.52. The summed E-state index contributed by atoms with van der Waals surface area (Å²) >= 11 is 5.78. The van der Waals surface area contributed by atoms with Crippen LogP contribution in [0.5, 0.6) is 0 Å². The van der Waals surface area contributed by atoms with Crippen molar-refractivity contribution in [1.82, 2.24) is 4.90 Å². The molecule has 3 N–H and O–H groups in total. The summed E-state index contributed by atoms with van der Waals surface area (Å²) in [7, 11) is 0. The molecule has 1 aliphatic rings. The molecule has 98 valence electrons. The first kappa shape index (κ1) is 13.3. The van der Waals surface area contributed by atoms with Crippen LogP contribution in [0, 0.1) is 0 Å². The molecule has 0 spiro atoms. The van der Waals surface area contributed by atoms with E-state index in [1.54, 1.807) is 24.3 Å². The van der Waals surface area contributed by atoms with Gasteiger partial charge in [-0.3, -0.25) is 9.69 Å². The van der Waals surface area contributed by atoms with Crippen LogP contribution in [0.15, 0.2) is 24.3 Å². The highest BCUT2D eigenvalue weighted by molar-refractivity contribution is 6.30. The first-order valence-corrected chi connectivity index (χ1v) is 6.54. The maximum absolute atomic E-state index is 11.8. The van der Waals surface area contributed by atoms with Gasteiger partial charge in [-0.15, -0.1) is 0 Å². The molecule has 0 radical (unpaired) electrons. The van der Waals surface area contributed by atoms with Gasteiger partial charge in [-0.05, 0) is 37.1 Å². The number of rotatable bonds is 3. The molecule has 0 atom stereocenters. The van der Waals surface area contributed by atoms with E-state index in [2.05, 4.69) is 10.2 Å². The van der Waals surface area contributed by atoms with E-state index in [1.165, 1.54) is 0 Å². The summed E-state index contributed by atoms with van der Waals surface area (Å²) < 4.78 is 0. The summed E-state index contributed by atoms with van der Waals surface area (Å²) in [6, 6.07) is 7.41. The Balaban J connectivity index is 1.80. The lowest BCUT2D eigenvalue weighted by atomic mass is 10.1. The van der Waals surface area contributed by atoms with E-state index in [-0.39, 0.29) is 5.91 Å². The molecule has 1 aliphatic heterocycles. The molecule has 0 aliphatic carbocycles. The molecular weight excluding hydrogens is 250 g/mol. The Labute approximate surface area is 112 Å². The van der Waals surface area contributed by atoms with E-state index in [0.29, 0.717) is 17.6 Å². The lowest BCUT2D eigenvalue weighted by Crippen LogP contribution is -2.43. The Morgan fingerprint density at radius 1 is 1.33 bits per heavy atom. The normalized spacial score (nSPS) is 17.7. The summed E-state index contributed by atoms with van der Waals surface area (Å²) in [5.41, 5.74) is 6.60. The molecule has 0 unspecified atom stereocenters. The van der Waals surface area contributed by atoms with Crippen molar-refractivity contribution in [2.75, 3.05) is 25.0 Å². The smallest absolute Gasteiger partial charge is 0.238 e. The summed E-state index contributed by atoms with van der Waals surface area (Å²) in [5.74, 6) is 0.00722. The van der Waals surface area contributed by atoms with Crippen LogP contribution in [0.4, 0.5) is 5.69 Å². The number of piperidine rings is 1. The number of nitrogens with zero attached hydrogens (tertiary/aromatic N) is 1. The molecule has 1 aromatic rings. The standard InChI is InChI=1S/C13H18ClN3O/c14-10-1-3-12(4-2-10)16-13(18)9-17-7-5-11(15)6-8-17/h1-4,11H,5-9,15H2,(H,16,18). The molecule has 1 aromatic carbocycles. The van der Waals surface area contributed by atoms with Crippen molar-refractivity contribution >= 4 is 23.2 Å². The third kappa shape index (κ3) is 3.98. The minimum absolute atomic E-state index is 0.00722. The number of hydrogen-bond donors (Lipinski definition) is 2. The molecule has 1 amide bonds. The molecule has 1 fully saturated rings. The predicted octanol–water partition coefficient (Wildman–Crippen LogP) is 1.70. The molecule has 0 aromatic heterocycles. The second-order valence-electron chi connectivity index (χ2n) is 4.67. The highest BCUT2D eigenvalue weighted by atomic mass is 35.5. The molecule has 18 heavy (non-hydrogen) atoms. The quantitative estimate of drug-likeness (QED) is 0.876. The minimum Gasteiger partial charge on any atom is -0.328 e. The highest BCUT2D eigenvalue weighted by Gasteiger charge is 2.18. The van der Waals surface area contributed by atoms with Crippen LogP contribution in [0.3, 0.4) is 0 Å². The predicted molar refractivity (Wildman–Crippen MR) is 73.7 cm³/mol. The average Bonchev–Trinajstić information content (AvgIpc) is 2.35. The molecule has 4 nitrogen and oxygen atoms in total. The van der Waals surface area contributed by atoms with E-state index in [0.717, 1.165) is 31.6 Å². The average molecular weight is 268 g/mol. The number of likely N-dealkylation sites (tertiary alicyclic amines) is 1. The number of carbonyl (C=O) groups is 1. The fourth-order valence-corrected chi connectivity index (χ4v) is 2.17. The summed E-state index contributed by atoms with van der Waals surface area (Å²) in [6.45, 7) is 2.22. The molecule has 1 heterocycles. The van der Waals surface area contributed by atoms with E-state index < -0.39 is 0 Å². The van der Waals surface area contributed by atoms with Gasteiger partial charge in [-0.1, -0.05) is 11.6 Å². The summed E-state index contributed by atoms with van der Waals surface area (Å²) in [4.78, 5) is 14.0. The van der Waals surface area contributed by atoms with Crippen molar-refractivity contribution in [2.24, 2.45) is 5.73 Å². The van der Waals surface area contributed by atoms with Crippen molar-refractivity contribution in [3.05, 3.63) is 29.3 Å². The monoisotopic (exact) mass is 267 g/mol. The van der Waals surface area contributed by atoms with Crippen LogP contribution in [0.25, 0.3) is 0 Å². The van der Waals surface area contributed by atoms with Crippen molar-refractivity contribution in [3.8, 4) is 0 Å². The van der Waals surface area contributed by atoms with Crippen molar-refractivity contribution < 1.29 is 4.79 Å². The number of nitrogens with two attached hydrogens (primary N) is 1. The third-order valence-electron chi connectivity index (χ3n) is 3.13.